The Balaban J connectivity index is 1.48. The highest BCUT2D eigenvalue weighted by atomic mass is 16.3. The minimum absolute atomic E-state index is 0.124. The van der Waals surface area contributed by atoms with E-state index in [1.165, 1.54) is 0 Å². The van der Waals surface area contributed by atoms with E-state index < -0.39 is 0 Å². The highest BCUT2D eigenvalue weighted by molar-refractivity contribution is 6.06. The number of nitrogens with zero attached hydrogens (tertiary/aromatic N) is 3. The summed E-state index contributed by atoms with van der Waals surface area (Å²) in [7, 11) is 2.00. The molecule has 1 amide bonds. The Kier molecular flexibility index (Phi) is 4.06. The largest absolute Gasteiger partial charge is 0.391 e. The van der Waals surface area contributed by atoms with Gasteiger partial charge >= 0.3 is 0 Å². The number of rotatable bonds is 2. The molecule has 1 saturated heterocycles. The lowest BCUT2D eigenvalue weighted by molar-refractivity contribution is 0.0316. The Morgan fingerprint density at radius 1 is 1.12 bits per heavy atom. The highest BCUT2D eigenvalue weighted by Gasteiger charge is 2.33. The molecule has 1 saturated carbocycles. The van der Waals surface area contributed by atoms with E-state index in [9.17, 15) is 9.90 Å². The van der Waals surface area contributed by atoms with Crippen molar-refractivity contribution in [2.75, 3.05) is 26.2 Å². The molecule has 1 aliphatic heterocycles. The summed E-state index contributed by atoms with van der Waals surface area (Å²) in [6.07, 6.45) is 4.92. The zero-order valence-corrected chi connectivity index (χ0v) is 14.2. The van der Waals surface area contributed by atoms with E-state index >= 15 is 0 Å². The molecule has 5 nitrogen and oxygen atoms in total. The lowest BCUT2D eigenvalue weighted by atomic mass is 10.1. The molecule has 0 radical (unpaired) electrons. The predicted molar refractivity (Wildman–Crippen MR) is 94.0 cm³/mol. The van der Waals surface area contributed by atoms with E-state index in [1.54, 1.807) is 0 Å². The van der Waals surface area contributed by atoms with Crippen LogP contribution >= 0.6 is 0 Å². The molecule has 2 aliphatic rings. The van der Waals surface area contributed by atoms with E-state index in [2.05, 4.69) is 4.90 Å². The zero-order chi connectivity index (χ0) is 16.7. The Morgan fingerprint density at radius 2 is 1.92 bits per heavy atom. The zero-order valence-electron chi connectivity index (χ0n) is 14.2. The number of carbonyl (C=O) groups excluding carboxylic acids is 1. The minimum atomic E-state index is -0.190. The van der Waals surface area contributed by atoms with Gasteiger partial charge in [-0.2, -0.15) is 0 Å². The van der Waals surface area contributed by atoms with E-state index in [4.69, 9.17) is 0 Å². The summed E-state index contributed by atoms with van der Waals surface area (Å²) in [6.45, 7) is 3.20. The van der Waals surface area contributed by atoms with E-state index in [0.717, 1.165) is 61.9 Å². The minimum Gasteiger partial charge on any atom is -0.391 e. The number of benzene rings is 1. The fraction of sp³-hybridized carbons (Fsp3) is 0.526. The number of fused-ring (bicyclic) bond motifs is 1. The predicted octanol–water partition coefficient (Wildman–Crippen LogP) is 1.85. The van der Waals surface area contributed by atoms with Gasteiger partial charge in [0.15, 0.2) is 0 Å². The molecule has 1 aromatic carbocycles. The summed E-state index contributed by atoms with van der Waals surface area (Å²) in [5.41, 5.74) is 1.89. The molecule has 2 atom stereocenters. The molecule has 5 heteroatoms. The Morgan fingerprint density at radius 3 is 2.62 bits per heavy atom. The van der Waals surface area contributed by atoms with Crippen molar-refractivity contribution in [2.24, 2.45) is 7.05 Å². The average Bonchev–Trinajstić information content (AvgIpc) is 3.20. The molecule has 128 valence electrons. The van der Waals surface area contributed by atoms with Gasteiger partial charge in [-0.15, -0.1) is 0 Å². The fourth-order valence-electron chi connectivity index (χ4n) is 4.26. The number of hydrogen-bond acceptors (Lipinski definition) is 3. The van der Waals surface area contributed by atoms with E-state index in [-0.39, 0.29) is 12.0 Å². The van der Waals surface area contributed by atoms with E-state index in [1.807, 2.05) is 47.0 Å². The number of amides is 1. The molecule has 24 heavy (non-hydrogen) atoms. The Bertz CT molecular complexity index is 746. The van der Waals surface area contributed by atoms with Crippen LogP contribution in [-0.2, 0) is 7.05 Å². The van der Waals surface area contributed by atoms with Crippen molar-refractivity contribution in [3.63, 3.8) is 0 Å². The molecule has 0 unspecified atom stereocenters. The Labute approximate surface area is 142 Å². The molecular formula is C19H25N3O2. The van der Waals surface area contributed by atoms with Crippen LogP contribution in [0.3, 0.4) is 0 Å². The van der Waals surface area contributed by atoms with Gasteiger partial charge in [0.1, 0.15) is 0 Å². The summed E-state index contributed by atoms with van der Waals surface area (Å²) >= 11 is 0. The molecule has 2 heterocycles. The van der Waals surface area contributed by atoms with Gasteiger partial charge in [0.05, 0.1) is 6.10 Å². The summed E-state index contributed by atoms with van der Waals surface area (Å²) in [4.78, 5) is 17.3. The molecule has 2 aromatic rings. The number of aromatic nitrogens is 1. The fourth-order valence-corrected chi connectivity index (χ4v) is 4.26. The van der Waals surface area contributed by atoms with Crippen LogP contribution in [0, 0.1) is 0 Å². The van der Waals surface area contributed by atoms with Gasteiger partial charge in [0.25, 0.3) is 5.91 Å². The first kappa shape index (κ1) is 15.7. The van der Waals surface area contributed by atoms with Crippen LogP contribution in [0.25, 0.3) is 10.9 Å². The van der Waals surface area contributed by atoms with Crippen molar-refractivity contribution in [3.8, 4) is 0 Å². The molecule has 0 bridgehead atoms. The maximum absolute atomic E-state index is 13.0. The second-order valence-corrected chi connectivity index (χ2v) is 7.06. The van der Waals surface area contributed by atoms with Gasteiger partial charge in [0, 0.05) is 61.9 Å². The van der Waals surface area contributed by atoms with Crippen molar-refractivity contribution < 1.29 is 9.90 Å². The first-order valence-corrected chi connectivity index (χ1v) is 8.90. The highest BCUT2D eigenvalue weighted by Crippen LogP contribution is 2.26. The van der Waals surface area contributed by atoms with Crippen LogP contribution in [0.5, 0.6) is 0 Å². The van der Waals surface area contributed by atoms with Gasteiger partial charge in [-0.3, -0.25) is 9.69 Å². The molecule has 4 rings (SSSR count). The molecule has 1 aromatic heterocycles. The van der Waals surface area contributed by atoms with Gasteiger partial charge in [-0.1, -0.05) is 6.07 Å². The van der Waals surface area contributed by atoms with Crippen LogP contribution in [-0.4, -0.2) is 63.7 Å². The van der Waals surface area contributed by atoms with Gasteiger partial charge in [-0.05, 0) is 37.5 Å². The van der Waals surface area contributed by atoms with Crippen molar-refractivity contribution in [2.45, 2.75) is 31.4 Å². The second kappa shape index (κ2) is 6.22. The van der Waals surface area contributed by atoms with Gasteiger partial charge < -0.3 is 14.6 Å². The normalized spacial score (nSPS) is 25.5. The maximum Gasteiger partial charge on any atom is 0.254 e. The summed E-state index contributed by atoms with van der Waals surface area (Å²) < 4.78 is 2.05. The third kappa shape index (κ3) is 2.62. The maximum atomic E-state index is 13.0. The van der Waals surface area contributed by atoms with Crippen LogP contribution in [0.1, 0.15) is 29.6 Å². The van der Waals surface area contributed by atoms with Crippen LogP contribution in [0.2, 0.25) is 0 Å². The van der Waals surface area contributed by atoms with Crippen molar-refractivity contribution in [1.82, 2.24) is 14.4 Å². The van der Waals surface area contributed by atoms with Crippen molar-refractivity contribution in [1.29, 1.82) is 0 Å². The molecule has 1 N–H and O–H groups in total. The quantitative estimate of drug-likeness (QED) is 0.916. The lowest BCUT2D eigenvalue weighted by Crippen LogP contribution is -2.53. The first-order valence-electron chi connectivity index (χ1n) is 8.90. The second-order valence-electron chi connectivity index (χ2n) is 7.06. The number of carbonyl (C=O) groups is 1. The SMILES string of the molecule is Cn1ccc2c(C(=O)N3CCN([C@H]4CCC[C@H]4O)CC3)cccc21. The first-order chi connectivity index (χ1) is 11.6. The lowest BCUT2D eigenvalue weighted by Gasteiger charge is -2.39. The standard InChI is InChI=1S/C19H25N3O2/c1-20-9-8-14-15(4-2-5-16(14)20)19(24)22-12-10-21(11-13-22)17-6-3-7-18(17)23/h2,4-5,8-9,17-18,23H,3,6-7,10-13H2,1H3/t17-,18+/m0/s1. The average molecular weight is 327 g/mol. The van der Waals surface area contributed by atoms with Gasteiger partial charge in [0.2, 0.25) is 0 Å². The van der Waals surface area contributed by atoms with E-state index in [0.29, 0.717) is 6.04 Å². The number of piperazine rings is 1. The summed E-state index contributed by atoms with van der Waals surface area (Å²) in [5, 5.41) is 11.1. The molecule has 1 aliphatic carbocycles. The summed E-state index contributed by atoms with van der Waals surface area (Å²) in [5.74, 6) is 0.124. The number of aryl methyl sites for hydroxylation is 1. The van der Waals surface area contributed by atoms with Crippen LogP contribution in [0.15, 0.2) is 30.5 Å². The smallest absolute Gasteiger partial charge is 0.254 e. The number of aliphatic hydroxyl groups is 1. The summed E-state index contributed by atoms with van der Waals surface area (Å²) in [6, 6.07) is 8.25. The third-order valence-corrected chi connectivity index (χ3v) is 5.67. The third-order valence-electron chi connectivity index (χ3n) is 5.67. The van der Waals surface area contributed by atoms with Crippen LogP contribution < -0.4 is 0 Å². The Hall–Kier alpha value is -1.85. The number of hydrogen-bond donors (Lipinski definition) is 1. The monoisotopic (exact) mass is 327 g/mol. The molecule has 0 spiro atoms. The van der Waals surface area contributed by atoms with Crippen molar-refractivity contribution >= 4 is 16.8 Å². The molecule has 2 fully saturated rings. The number of aliphatic hydroxyl groups excluding tert-OH is 1. The van der Waals surface area contributed by atoms with Gasteiger partial charge in [-0.25, -0.2) is 0 Å². The topological polar surface area (TPSA) is 48.7 Å². The van der Waals surface area contributed by atoms with Crippen molar-refractivity contribution in [3.05, 3.63) is 36.0 Å². The molecular weight excluding hydrogens is 302 g/mol. The van der Waals surface area contributed by atoms with Crippen LogP contribution in [0.4, 0.5) is 0 Å².